The van der Waals surface area contributed by atoms with E-state index in [0.717, 1.165) is 5.56 Å². The number of anilines is 1. The highest BCUT2D eigenvalue weighted by Gasteiger charge is 2.20. The normalized spacial score (nSPS) is 13.7. The molecule has 0 radical (unpaired) electrons. The summed E-state index contributed by atoms with van der Waals surface area (Å²) in [5, 5.41) is 0. The summed E-state index contributed by atoms with van der Waals surface area (Å²) in [6.45, 7) is 0.555. The Morgan fingerprint density at radius 3 is 2.75 bits per heavy atom. The highest BCUT2D eigenvalue weighted by molar-refractivity contribution is 7.92. The van der Waals surface area contributed by atoms with E-state index in [2.05, 4.69) is 4.72 Å². The van der Waals surface area contributed by atoms with Crippen molar-refractivity contribution < 1.29 is 17.5 Å². The van der Waals surface area contributed by atoms with Crippen LogP contribution in [0.15, 0.2) is 47.4 Å². The van der Waals surface area contributed by atoms with E-state index in [9.17, 15) is 12.8 Å². The first-order valence-electron chi connectivity index (χ1n) is 6.09. The van der Waals surface area contributed by atoms with Crippen LogP contribution in [0.25, 0.3) is 0 Å². The molecule has 104 valence electrons. The van der Waals surface area contributed by atoms with Gasteiger partial charge in [0.05, 0.1) is 17.2 Å². The molecule has 0 saturated heterocycles. The van der Waals surface area contributed by atoms with Crippen molar-refractivity contribution in [3.8, 4) is 5.75 Å². The highest BCUT2D eigenvalue weighted by Crippen LogP contribution is 2.28. The first-order valence-corrected chi connectivity index (χ1v) is 7.58. The van der Waals surface area contributed by atoms with Crippen LogP contribution in [0.1, 0.15) is 5.56 Å². The molecule has 0 bridgehead atoms. The molecule has 1 aliphatic rings. The molecule has 0 aromatic heterocycles. The Labute approximate surface area is 116 Å². The van der Waals surface area contributed by atoms with Gasteiger partial charge in [-0.15, -0.1) is 0 Å². The molecule has 0 amide bonds. The van der Waals surface area contributed by atoms with Crippen LogP contribution in [0.2, 0.25) is 0 Å². The molecule has 2 aromatic carbocycles. The van der Waals surface area contributed by atoms with Crippen molar-refractivity contribution in [2.75, 3.05) is 11.3 Å². The largest absolute Gasteiger partial charge is 0.493 e. The smallest absolute Gasteiger partial charge is 0.262 e. The third kappa shape index (κ3) is 2.34. The second kappa shape index (κ2) is 4.79. The standard InChI is InChI=1S/C14H12FNO3S/c15-12-3-1-2-4-13(12)16-20(17,18)11-5-6-14-10(9-11)7-8-19-14/h1-6,9,16H,7-8H2. The Balaban J connectivity index is 1.94. The maximum Gasteiger partial charge on any atom is 0.262 e. The van der Waals surface area contributed by atoms with E-state index in [-0.39, 0.29) is 10.6 Å². The lowest BCUT2D eigenvalue weighted by Crippen LogP contribution is -2.14. The van der Waals surface area contributed by atoms with E-state index >= 15 is 0 Å². The minimum atomic E-state index is -3.80. The van der Waals surface area contributed by atoms with Gasteiger partial charge in [0, 0.05) is 6.42 Å². The number of sulfonamides is 1. The molecule has 1 N–H and O–H groups in total. The maximum absolute atomic E-state index is 13.5. The molecule has 2 aromatic rings. The van der Waals surface area contributed by atoms with Crippen molar-refractivity contribution in [1.82, 2.24) is 0 Å². The molecular formula is C14H12FNO3S. The zero-order valence-corrected chi connectivity index (χ0v) is 11.3. The molecular weight excluding hydrogens is 281 g/mol. The van der Waals surface area contributed by atoms with Crippen molar-refractivity contribution in [3.63, 3.8) is 0 Å². The van der Waals surface area contributed by atoms with Gasteiger partial charge in [-0.3, -0.25) is 4.72 Å². The summed E-state index contributed by atoms with van der Waals surface area (Å²) >= 11 is 0. The molecule has 4 nitrogen and oxygen atoms in total. The number of para-hydroxylation sites is 1. The first kappa shape index (κ1) is 12.9. The van der Waals surface area contributed by atoms with Gasteiger partial charge in [-0.2, -0.15) is 0 Å². The number of rotatable bonds is 3. The molecule has 0 saturated carbocycles. The monoisotopic (exact) mass is 293 g/mol. The SMILES string of the molecule is O=S(=O)(Nc1ccccc1F)c1ccc2c(c1)CCO2. The summed E-state index contributed by atoms with van der Waals surface area (Å²) in [6, 6.07) is 10.3. The molecule has 0 aliphatic carbocycles. The van der Waals surface area contributed by atoms with Crippen LogP contribution in [0.5, 0.6) is 5.75 Å². The van der Waals surface area contributed by atoms with Crippen molar-refractivity contribution in [2.24, 2.45) is 0 Å². The van der Waals surface area contributed by atoms with E-state index < -0.39 is 15.8 Å². The minimum Gasteiger partial charge on any atom is -0.493 e. The number of fused-ring (bicyclic) bond motifs is 1. The third-order valence-corrected chi connectivity index (χ3v) is 4.45. The van der Waals surface area contributed by atoms with Crippen LogP contribution in [-0.4, -0.2) is 15.0 Å². The fourth-order valence-corrected chi connectivity index (χ4v) is 3.20. The Morgan fingerprint density at radius 2 is 1.95 bits per heavy atom. The molecule has 1 heterocycles. The van der Waals surface area contributed by atoms with Crippen molar-refractivity contribution in [2.45, 2.75) is 11.3 Å². The molecule has 0 atom stereocenters. The molecule has 0 spiro atoms. The van der Waals surface area contributed by atoms with Gasteiger partial charge in [-0.05, 0) is 35.9 Å². The van der Waals surface area contributed by atoms with Gasteiger partial charge in [-0.25, -0.2) is 12.8 Å². The highest BCUT2D eigenvalue weighted by atomic mass is 32.2. The summed E-state index contributed by atoms with van der Waals surface area (Å²) in [6.07, 6.45) is 0.679. The minimum absolute atomic E-state index is 0.0655. The molecule has 1 aliphatic heterocycles. The van der Waals surface area contributed by atoms with E-state index in [1.54, 1.807) is 18.2 Å². The Hall–Kier alpha value is -2.08. The molecule has 0 unspecified atom stereocenters. The number of hydrogen-bond acceptors (Lipinski definition) is 3. The fourth-order valence-electron chi connectivity index (χ4n) is 2.08. The Morgan fingerprint density at radius 1 is 1.15 bits per heavy atom. The van der Waals surface area contributed by atoms with Crippen LogP contribution in [0, 0.1) is 5.82 Å². The summed E-state index contributed by atoms with van der Waals surface area (Å²) in [5.41, 5.74) is 0.783. The van der Waals surface area contributed by atoms with Crippen LogP contribution >= 0.6 is 0 Å². The first-order chi connectivity index (χ1) is 9.56. The van der Waals surface area contributed by atoms with E-state index in [0.29, 0.717) is 18.8 Å². The quantitative estimate of drug-likeness (QED) is 0.946. The second-order valence-corrected chi connectivity index (χ2v) is 6.14. The molecule has 3 rings (SSSR count). The fraction of sp³-hybridized carbons (Fsp3) is 0.143. The zero-order chi connectivity index (χ0) is 14.2. The zero-order valence-electron chi connectivity index (χ0n) is 10.5. The van der Waals surface area contributed by atoms with Crippen LogP contribution < -0.4 is 9.46 Å². The van der Waals surface area contributed by atoms with Crippen LogP contribution in [0.4, 0.5) is 10.1 Å². The average molecular weight is 293 g/mol. The van der Waals surface area contributed by atoms with E-state index in [1.165, 1.54) is 24.3 Å². The van der Waals surface area contributed by atoms with Gasteiger partial charge in [0.2, 0.25) is 0 Å². The van der Waals surface area contributed by atoms with Crippen LogP contribution in [0.3, 0.4) is 0 Å². The predicted molar refractivity (Wildman–Crippen MR) is 72.8 cm³/mol. The van der Waals surface area contributed by atoms with Crippen molar-refractivity contribution in [1.29, 1.82) is 0 Å². The molecule has 20 heavy (non-hydrogen) atoms. The van der Waals surface area contributed by atoms with Gasteiger partial charge >= 0.3 is 0 Å². The van der Waals surface area contributed by atoms with Crippen LogP contribution in [-0.2, 0) is 16.4 Å². The lowest BCUT2D eigenvalue weighted by Gasteiger charge is -2.09. The third-order valence-electron chi connectivity index (χ3n) is 3.09. The number of benzene rings is 2. The van der Waals surface area contributed by atoms with E-state index in [4.69, 9.17) is 4.74 Å². The lowest BCUT2D eigenvalue weighted by atomic mass is 10.2. The number of ether oxygens (including phenoxy) is 1. The molecule has 0 fully saturated rings. The maximum atomic E-state index is 13.5. The number of hydrogen-bond donors (Lipinski definition) is 1. The lowest BCUT2D eigenvalue weighted by molar-refractivity contribution is 0.356. The number of halogens is 1. The summed E-state index contributed by atoms with van der Waals surface area (Å²) in [5.74, 6) is 0.0930. The van der Waals surface area contributed by atoms with Gasteiger partial charge in [-0.1, -0.05) is 12.1 Å². The average Bonchev–Trinajstić information content (AvgIpc) is 2.88. The number of nitrogens with one attached hydrogen (secondary N) is 1. The predicted octanol–water partition coefficient (Wildman–Crippen LogP) is 2.56. The summed E-state index contributed by atoms with van der Waals surface area (Å²) < 4.78 is 45.6. The van der Waals surface area contributed by atoms with Crippen molar-refractivity contribution in [3.05, 3.63) is 53.8 Å². The van der Waals surface area contributed by atoms with E-state index in [1.807, 2.05) is 0 Å². The van der Waals surface area contributed by atoms with Gasteiger partial charge in [0.25, 0.3) is 10.0 Å². The summed E-state index contributed by atoms with van der Waals surface area (Å²) in [4.78, 5) is 0.102. The Bertz CT molecular complexity index is 759. The van der Waals surface area contributed by atoms with Crippen molar-refractivity contribution >= 4 is 15.7 Å². The van der Waals surface area contributed by atoms with Gasteiger partial charge in [0.1, 0.15) is 11.6 Å². The topological polar surface area (TPSA) is 55.4 Å². The van der Waals surface area contributed by atoms with Gasteiger partial charge in [0.15, 0.2) is 0 Å². The molecule has 6 heteroatoms. The van der Waals surface area contributed by atoms with Gasteiger partial charge < -0.3 is 4.74 Å². The summed E-state index contributed by atoms with van der Waals surface area (Å²) in [7, 11) is -3.80. The second-order valence-electron chi connectivity index (χ2n) is 4.45. The Kier molecular flexibility index (Phi) is 3.10.